The number of hydrogen-bond acceptors (Lipinski definition) is 2. The Balaban J connectivity index is 2.50. The van der Waals surface area contributed by atoms with E-state index in [9.17, 15) is 4.79 Å². The van der Waals surface area contributed by atoms with Gasteiger partial charge in [-0.05, 0) is 12.1 Å². The van der Waals surface area contributed by atoms with Gasteiger partial charge in [-0.2, -0.15) is 0 Å². The summed E-state index contributed by atoms with van der Waals surface area (Å²) in [5.74, 6) is -0.0596. The summed E-state index contributed by atoms with van der Waals surface area (Å²) in [5.41, 5.74) is 1.55. The smallest absolute Gasteiger partial charge is 0.243 e. The highest BCUT2D eigenvalue weighted by molar-refractivity contribution is 6.34. The molecule has 1 heterocycles. The number of para-hydroxylation sites is 1. The molecule has 2 rings (SSSR count). The molecule has 3 nitrogen and oxygen atoms in total. The van der Waals surface area contributed by atoms with E-state index in [1.165, 1.54) is 0 Å². The maximum atomic E-state index is 10.9. The molecule has 0 aliphatic carbocycles. The molecule has 0 spiro atoms. The Morgan fingerprint density at radius 2 is 2.25 bits per heavy atom. The van der Waals surface area contributed by atoms with Gasteiger partial charge < -0.3 is 10.6 Å². The van der Waals surface area contributed by atoms with E-state index in [2.05, 4.69) is 10.6 Å². The molecule has 0 bridgehead atoms. The Morgan fingerprint density at radius 3 is 3.08 bits per heavy atom. The quantitative estimate of drug-likeness (QED) is 0.641. The van der Waals surface area contributed by atoms with E-state index < -0.39 is 0 Å². The van der Waals surface area contributed by atoms with Crippen molar-refractivity contribution in [2.24, 2.45) is 0 Å². The van der Waals surface area contributed by atoms with E-state index >= 15 is 0 Å². The number of nitrogens with one attached hydrogen (secondary N) is 2. The predicted molar refractivity (Wildman–Crippen MR) is 48.6 cm³/mol. The minimum atomic E-state index is -0.0596. The van der Waals surface area contributed by atoms with Gasteiger partial charge in [-0.3, -0.25) is 4.79 Å². The predicted octanol–water partition coefficient (Wildman–Crippen LogP) is 1.70. The zero-order valence-electron chi connectivity index (χ0n) is 6.23. The van der Waals surface area contributed by atoms with Crippen LogP contribution in [0.25, 0.3) is 0 Å². The van der Waals surface area contributed by atoms with Crippen molar-refractivity contribution in [2.75, 3.05) is 17.2 Å². The van der Waals surface area contributed by atoms with Crippen LogP contribution in [0.4, 0.5) is 11.4 Å². The number of hydrogen-bond donors (Lipinski definition) is 2. The molecule has 4 heteroatoms. The summed E-state index contributed by atoms with van der Waals surface area (Å²) in [6.07, 6.45) is 0. The molecule has 0 radical (unpaired) electrons. The lowest BCUT2D eigenvalue weighted by Crippen LogP contribution is -2.27. The van der Waals surface area contributed by atoms with Crippen molar-refractivity contribution in [3.8, 4) is 0 Å². The second-order valence-electron chi connectivity index (χ2n) is 2.56. The fourth-order valence-corrected chi connectivity index (χ4v) is 1.38. The number of amides is 1. The lowest BCUT2D eigenvalue weighted by molar-refractivity contribution is -0.114. The SMILES string of the molecule is O=C1CNc2cccc(Cl)c2N1. The van der Waals surface area contributed by atoms with Crippen molar-refractivity contribution < 1.29 is 4.79 Å². The highest BCUT2D eigenvalue weighted by Crippen LogP contribution is 2.31. The largest absolute Gasteiger partial charge is 0.374 e. The highest BCUT2D eigenvalue weighted by Gasteiger charge is 2.15. The number of fused-ring (bicyclic) bond motifs is 1. The highest BCUT2D eigenvalue weighted by atomic mass is 35.5. The topological polar surface area (TPSA) is 41.1 Å². The number of carbonyl (C=O) groups excluding carboxylic acids is 1. The summed E-state index contributed by atoms with van der Waals surface area (Å²) in [4.78, 5) is 10.9. The number of rotatable bonds is 0. The first-order valence-electron chi connectivity index (χ1n) is 3.59. The fourth-order valence-electron chi connectivity index (χ4n) is 1.16. The molecule has 0 aromatic heterocycles. The van der Waals surface area contributed by atoms with E-state index in [0.717, 1.165) is 5.69 Å². The zero-order chi connectivity index (χ0) is 8.55. The van der Waals surface area contributed by atoms with Gasteiger partial charge in [-0.15, -0.1) is 0 Å². The summed E-state index contributed by atoms with van der Waals surface area (Å²) in [6, 6.07) is 5.46. The lowest BCUT2D eigenvalue weighted by Gasteiger charge is -2.19. The van der Waals surface area contributed by atoms with Gasteiger partial charge in [-0.25, -0.2) is 0 Å². The van der Waals surface area contributed by atoms with E-state index in [1.54, 1.807) is 6.07 Å². The second kappa shape index (κ2) is 2.68. The van der Waals surface area contributed by atoms with Gasteiger partial charge >= 0.3 is 0 Å². The maximum absolute atomic E-state index is 10.9. The zero-order valence-corrected chi connectivity index (χ0v) is 6.98. The molecule has 2 N–H and O–H groups in total. The lowest BCUT2D eigenvalue weighted by atomic mass is 10.2. The Kier molecular flexibility index (Phi) is 1.66. The summed E-state index contributed by atoms with van der Waals surface area (Å²) in [6.45, 7) is 0.313. The Morgan fingerprint density at radius 1 is 1.42 bits per heavy atom. The fraction of sp³-hybridized carbons (Fsp3) is 0.125. The van der Waals surface area contributed by atoms with Crippen LogP contribution in [0.2, 0.25) is 5.02 Å². The third-order valence-corrected chi connectivity index (χ3v) is 2.03. The van der Waals surface area contributed by atoms with Gasteiger partial charge in [0.15, 0.2) is 0 Å². The number of halogens is 1. The summed E-state index contributed by atoms with van der Waals surface area (Å²) < 4.78 is 0. The molecule has 1 aromatic rings. The van der Waals surface area contributed by atoms with Gasteiger partial charge in [0, 0.05) is 0 Å². The van der Waals surface area contributed by atoms with Crippen LogP contribution in [-0.2, 0) is 4.79 Å². The molecule has 1 aliphatic heterocycles. The van der Waals surface area contributed by atoms with Crippen LogP contribution in [0.15, 0.2) is 18.2 Å². The van der Waals surface area contributed by atoms with Crippen molar-refractivity contribution in [3.05, 3.63) is 23.2 Å². The van der Waals surface area contributed by atoms with Crippen LogP contribution in [0.1, 0.15) is 0 Å². The molecule has 0 atom stereocenters. The van der Waals surface area contributed by atoms with Crippen LogP contribution in [-0.4, -0.2) is 12.5 Å². The van der Waals surface area contributed by atoms with Crippen LogP contribution in [0, 0.1) is 0 Å². The van der Waals surface area contributed by atoms with Crippen molar-refractivity contribution in [3.63, 3.8) is 0 Å². The van der Waals surface area contributed by atoms with Crippen molar-refractivity contribution >= 4 is 28.9 Å². The molecule has 0 unspecified atom stereocenters. The van der Waals surface area contributed by atoms with Gasteiger partial charge in [0.1, 0.15) is 0 Å². The van der Waals surface area contributed by atoms with Crippen molar-refractivity contribution in [1.29, 1.82) is 0 Å². The number of anilines is 2. The Bertz CT molecular complexity index is 338. The van der Waals surface area contributed by atoms with Crippen molar-refractivity contribution in [2.45, 2.75) is 0 Å². The van der Waals surface area contributed by atoms with Gasteiger partial charge in [0.2, 0.25) is 5.91 Å². The average Bonchev–Trinajstić information content (AvgIpc) is 2.07. The van der Waals surface area contributed by atoms with E-state index in [-0.39, 0.29) is 5.91 Å². The molecule has 1 aromatic carbocycles. The number of benzene rings is 1. The molecule has 12 heavy (non-hydrogen) atoms. The molecular formula is C8H7ClN2O. The van der Waals surface area contributed by atoms with Gasteiger partial charge in [-0.1, -0.05) is 17.7 Å². The van der Waals surface area contributed by atoms with Gasteiger partial charge in [0.05, 0.1) is 22.9 Å². The first kappa shape index (κ1) is 7.43. The first-order chi connectivity index (χ1) is 5.77. The Labute approximate surface area is 74.7 Å². The Hall–Kier alpha value is -1.22. The third-order valence-electron chi connectivity index (χ3n) is 1.72. The maximum Gasteiger partial charge on any atom is 0.243 e. The first-order valence-corrected chi connectivity index (χ1v) is 3.97. The minimum Gasteiger partial charge on any atom is -0.374 e. The molecule has 0 fully saturated rings. The van der Waals surface area contributed by atoms with Crippen LogP contribution >= 0.6 is 11.6 Å². The number of carbonyl (C=O) groups is 1. The average molecular weight is 183 g/mol. The standard InChI is InChI=1S/C8H7ClN2O/c9-5-2-1-3-6-8(5)11-7(12)4-10-6/h1-3,10H,4H2,(H,11,12). The van der Waals surface area contributed by atoms with Gasteiger partial charge in [0.25, 0.3) is 0 Å². The van der Waals surface area contributed by atoms with Crippen molar-refractivity contribution in [1.82, 2.24) is 0 Å². The summed E-state index contributed by atoms with van der Waals surface area (Å²) >= 11 is 5.85. The molecular weight excluding hydrogens is 176 g/mol. The normalized spacial score (nSPS) is 14.6. The molecule has 0 saturated heterocycles. The van der Waals surface area contributed by atoms with Crippen LogP contribution < -0.4 is 10.6 Å². The van der Waals surface area contributed by atoms with E-state index in [1.807, 2.05) is 12.1 Å². The van der Waals surface area contributed by atoms with E-state index in [0.29, 0.717) is 17.3 Å². The molecule has 0 saturated carbocycles. The minimum absolute atomic E-state index is 0.0596. The third kappa shape index (κ3) is 1.12. The monoisotopic (exact) mass is 182 g/mol. The molecule has 1 amide bonds. The van der Waals surface area contributed by atoms with Crippen LogP contribution in [0.5, 0.6) is 0 Å². The van der Waals surface area contributed by atoms with Crippen LogP contribution in [0.3, 0.4) is 0 Å². The molecule has 1 aliphatic rings. The second-order valence-corrected chi connectivity index (χ2v) is 2.97. The summed E-state index contributed by atoms with van der Waals surface area (Å²) in [7, 11) is 0. The molecule has 62 valence electrons. The van der Waals surface area contributed by atoms with E-state index in [4.69, 9.17) is 11.6 Å². The summed E-state index contributed by atoms with van der Waals surface area (Å²) in [5, 5.41) is 6.21.